The highest BCUT2D eigenvalue weighted by Crippen LogP contribution is 2.36. The number of ether oxygens (including phenoxy) is 1. The Hall–Kier alpha value is -0.820. The van der Waals surface area contributed by atoms with Crippen molar-refractivity contribution in [2.45, 2.75) is 12.6 Å². The molecule has 0 aliphatic rings. The van der Waals surface area contributed by atoms with Crippen LogP contribution in [0.15, 0.2) is 24.4 Å². The summed E-state index contributed by atoms with van der Waals surface area (Å²) < 4.78 is 6.79. The lowest BCUT2D eigenvalue weighted by Gasteiger charge is -2.21. The highest BCUT2D eigenvalue weighted by atomic mass is 35.5. The van der Waals surface area contributed by atoms with Crippen molar-refractivity contribution in [1.29, 1.82) is 0 Å². The fourth-order valence-electron chi connectivity index (χ4n) is 2.10. The van der Waals surface area contributed by atoms with E-state index in [2.05, 4.69) is 10.5 Å². The number of aromatic nitrogens is 2. The lowest BCUT2D eigenvalue weighted by atomic mass is 10.0. The Kier molecular flexibility index (Phi) is 5.87. The van der Waals surface area contributed by atoms with Gasteiger partial charge in [-0.25, -0.2) is 5.43 Å². The van der Waals surface area contributed by atoms with Gasteiger partial charge >= 0.3 is 0 Å². The average molecular weight is 350 g/mol. The van der Waals surface area contributed by atoms with E-state index in [0.29, 0.717) is 39.5 Å². The molecule has 0 bridgehead atoms. The number of nitrogens with zero attached hydrogens (tertiary/aromatic N) is 2. The van der Waals surface area contributed by atoms with Crippen LogP contribution in [0.3, 0.4) is 0 Å². The lowest BCUT2D eigenvalue weighted by molar-refractivity contribution is 0.182. The number of halogens is 3. The first-order chi connectivity index (χ1) is 10.1. The summed E-state index contributed by atoms with van der Waals surface area (Å²) in [6.45, 7) is 1.04. The van der Waals surface area contributed by atoms with Gasteiger partial charge in [-0.2, -0.15) is 5.10 Å². The number of hydrogen-bond acceptors (Lipinski definition) is 4. The SMILES string of the molecule is COCCn1ncc(Cl)c1C(NN)c1c(Cl)cccc1Cl. The third-order valence-electron chi connectivity index (χ3n) is 3.07. The number of benzene rings is 1. The molecule has 0 amide bonds. The van der Waals surface area contributed by atoms with E-state index in [1.807, 2.05) is 0 Å². The summed E-state index contributed by atoms with van der Waals surface area (Å²) in [6, 6.07) is 4.79. The van der Waals surface area contributed by atoms with Crippen LogP contribution in [-0.2, 0) is 11.3 Å². The summed E-state index contributed by atoms with van der Waals surface area (Å²) in [7, 11) is 1.62. The molecule has 114 valence electrons. The predicted octanol–water partition coefficient (Wildman–Crippen LogP) is 3.04. The van der Waals surface area contributed by atoms with E-state index in [1.54, 1.807) is 36.2 Å². The van der Waals surface area contributed by atoms with Crippen molar-refractivity contribution in [3.05, 3.63) is 50.7 Å². The molecular formula is C13H15Cl3N4O. The van der Waals surface area contributed by atoms with Crippen molar-refractivity contribution in [2.75, 3.05) is 13.7 Å². The molecule has 2 aromatic rings. The maximum Gasteiger partial charge on any atom is 0.0922 e. The van der Waals surface area contributed by atoms with Gasteiger partial charge in [-0.15, -0.1) is 0 Å². The monoisotopic (exact) mass is 348 g/mol. The van der Waals surface area contributed by atoms with Crippen molar-refractivity contribution >= 4 is 34.8 Å². The molecule has 0 fully saturated rings. The smallest absolute Gasteiger partial charge is 0.0922 e. The molecule has 1 atom stereocenters. The van der Waals surface area contributed by atoms with Crippen LogP contribution in [0.25, 0.3) is 0 Å². The summed E-state index contributed by atoms with van der Waals surface area (Å²) in [5.74, 6) is 5.70. The number of methoxy groups -OCH3 is 1. The summed E-state index contributed by atoms with van der Waals surface area (Å²) >= 11 is 18.7. The number of rotatable bonds is 6. The molecule has 8 heteroatoms. The van der Waals surface area contributed by atoms with Gasteiger partial charge in [0.15, 0.2) is 0 Å². The minimum Gasteiger partial charge on any atom is -0.383 e. The Balaban J connectivity index is 2.49. The lowest BCUT2D eigenvalue weighted by Crippen LogP contribution is -2.31. The average Bonchev–Trinajstić information content (AvgIpc) is 2.82. The van der Waals surface area contributed by atoms with Crippen molar-refractivity contribution in [2.24, 2.45) is 5.84 Å². The Labute approximate surface area is 137 Å². The van der Waals surface area contributed by atoms with Crippen molar-refractivity contribution < 1.29 is 4.74 Å². The molecule has 2 rings (SSSR count). The second-order valence-corrected chi connectivity index (χ2v) is 5.55. The first kappa shape index (κ1) is 16.5. The van der Waals surface area contributed by atoms with Gasteiger partial charge < -0.3 is 4.74 Å². The highest BCUT2D eigenvalue weighted by molar-refractivity contribution is 6.36. The van der Waals surface area contributed by atoms with Gasteiger partial charge in [0.05, 0.1) is 36.1 Å². The molecule has 0 saturated heterocycles. The molecule has 0 spiro atoms. The van der Waals surface area contributed by atoms with Crippen LogP contribution in [-0.4, -0.2) is 23.5 Å². The van der Waals surface area contributed by atoms with Crippen LogP contribution < -0.4 is 11.3 Å². The molecule has 21 heavy (non-hydrogen) atoms. The predicted molar refractivity (Wildman–Crippen MR) is 84.7 cm³/mol. The van der Waals surface area contributed by atoms with Crippen LogP contribution in [0.5, 0.6) is 0 Å². The fraction of sp³-hybridized carbons (Fsp3) is 0.308. The van der Waals surface area contributed by atoms with E-state index in [1.165, 1.54) is 0 Å². The van der Waals surface area contributed by atoms with Crippen LogP contribution in [0, 0.1) is 0 Å². The van der Waals surface area contributed by atoms with Crippen LogP contribution in [0.4, 0.5) is 0 Å². The quantitative estimate of drug-likeness (QED) is 0.621. The van der Waals surface area contributed by atoms with Crippen LogP contribution in [0.1, 0.15) is 17.3 Å². The van der Waals surface area contributed by atoms with E-state index >= 15 is 0 Å². The van der Waals surface area contributed by atoms with E-state index in [0.717, 1.165) is 0 Å². The van der Waals surface area contributed by atoms with Crippen molar-refractivity contribution in [3.8, 4) is 0 Å². The molecule has 1 aromatic carbocycles. The standard InChI is InChI=1S/C13H15Cl3N4O/c1-21-6-5-20-13(10(16)7-18-20)12(19-17)11-8(14)3-2-4-9(11)15/h2-4,7,12,19H,5-6,17H2,1H3. The largest absolute Gasteiger partial charge is 0.383 e. The molecule has 5 nitrogen and oxygen atoms in total. The first-order valence-corrected chi connectivity index (χ1v) is 7.33. The van der Waals surface area contributed by atoms with Gasteiger partial charge in [-0.3, -0.25) is 10.5 Å². The molecule has 1 heterocycles. The Morgan fingerprint density at radius 1 is 1.29 bits per heavy atom. The maximum absolute atomic E-state index is 6.25. The second kappa shape index (κ2) is 7.45. The third kappa shape index (κ3) is 3.51. The Morgan fingerprint density at radius 2 is 1.95 bits per heavy atom. The van der Waals surface area contributed by atoms with Gasteiger partial charge in [0.25, 0.3) is 0 Å². The minimum absolute atomic E-state index is 0.474. The zero-order chi connectivity index (χ0) is 15.4. The Bertz CT molecular complexity index is 597. The third-order valence-corrected chi connectivity index (χ3v) is 4.02. The number of nitrogens with one attached hydrogen (secondary N) is 1. The molecule has 0 radical (unpaired) electrons. The Morgan fingerprint density at radius 3 is 2.52 bits per heavy atom. The summed E-state index contributed by atoms with van der Waals surface area (Å²) in [5, 5.41) is 5.71. The van der Waals surface area contributed by atoms with Crippen molar-refractivity contribution in [1.82, 2.24) is 15.2 Å². The highest BCUT2D eigenvalue weighted by Gasteiger charge is 2.25. The van der Waals surface area contributed by atoms with E-state index in [4.69, 9.17) is 45.4 Å². The fourth-order valence-corrected chi connectivity index (χ4v) is 2.97. The molecule has 3 N–H and O–H groups in total. The van der Waals surface area contributed by atoms with E-state index < -0.39 is 6.04 Å². The van der Waals surface area contributed by atoms with Gasteiger partial charge in [0.1, 0.15) is 0 Å². The van der Waals surface area contributed by atoms with E-state index in [-0.39, 0.29) is 0 Å². The maximum atomic E-state index is 6.25. The van der Waals surface area contributed by atoms with Crippen molar-refractivity contribution in [3.63, 3.8) is 0 Å². The first-order valence-electron chi connectivity index (χ1n) is 6.20. The normalized spacial score (nSPS) is 12.6. The number of nitrogens with two attached hydrogens (primary N) is 1. The zero-order valence-electron chi connectivity index (χ0n) is 11.3. The summed E-state index contributed by atoms with van der Waals surface area (Å²) in [6.07, 6.45) is 1.56. The molecular weight excluding hydrogens is 335 g/mol. The topological polar surface area (TPSA) is 65.1 Å². The molecule has 0 aliphatic heterocycles. The van der Waals surface area contributed by atoms with Gasteiger partial charge in [-0.05, 0) is 12.1 Å². The van der Waals surface area contributed by atoms with Gasteiger partial charge in [0.2, 0.25) is 0 Å². The van der Waals surface area contributed by atoms with E-state index in [9.17, 15) is 0 Å². The molecule has 0 aliphatic carbocycles. The number of hydrazine groups is 1. The van der Waals surface area contributed by atoms with Crippen LogP contribution in [0.2, 0.25) is 15.1 Å². The summed E-state index contributed by atoms with van der Waals surface area (Å²) in [5.41, 5.74) is 4.05. The van der Waals surface area contributed by atoms with Crippen LogP contribution >= 0.6 is 34.8 Å². The second-order valence-electron chi connectivity index (χ2n) is 4.33. The molecule has 1 aromatic heterocycles. The van der Waals surface area contributed by atoms with Gasteiger partial charge in [0, 0.05) is 22.7 Å². The van der Waals surface area contributed by atoms with Gasteiger partial charge in [-0.1, -0.05) is 40.9 Å². The number of hydrogen-bond donors (Lipinski definition) is 2. The minimum atomic E-state index is -0.474. The molecule has 1 unspecified atom stereocenters. The zero-order valence-corrected chi connectivity index (χ0v) is 13.6. The molecule has 0 saturated carbocycles. The summed E-state index contributed by atoms with van der Waals surface area (Å²) in [4.78, 5) is 0.